The Morgan fingerprint density at radius 2 is 1.76 bits per heavy atom. The first kappa shape index (κ1) is 17.6. The topological polar surface area (TPSA) is 73.9 Å². The number of methoxy groups -OCH3 is 1. The molecule has 25 heavy (non-hydrogen) atoms. The van der Waals surface area contributed by atoms with E-state index in [0.717, 1.165) is 17.7 Å². The highest BCUT2D eigenvalue weighted by Gasteiger charge is 2.18. The summed E-state index contributed by atoms with van der Waals surface area (Å²) in [5, 5.41) is 0. The smallest absolute Gasteiger partial charge is 0.240 e. The fourth-order valence-electron chi connectivity index (χ4n) is 2.52. The second kappa shape index (κ2) is 7.76. The van der Waals surface area contributed by atoms with E-state index in [1.807, 2.05) is 24.3 Å². The zero-order chi connectivity index (χ0) is 17.7. The molecule has 0 atom stereocenters. The minimum Gasteiger partial charge on any atom is -0.497 e. The normalized spacial score (nSPS) is 14.0. The van der Waals surface area contributed by atoms with Crippen molar-refractivity contribution in [3.05, 3.63) is 48.0 Å². The van der Waals surface area contributed by atoms with E-state index in [1.54, 1.807) is 13.2 Å². The summed E-state index contributed by atoms with van der Waals surface area (Å²) in [5.41, 5.74) is 1.03. The molecule has 3 rings (SSSR count). The van der Waals surface area contributed by atoms with Crippen molar-refractivity contribution in [2.24, 2.45) is 0 Å². The molecule has 0 radical (unpaired) electrons. The van der Waals surface area contributed by atoms with Gasteiger partial charge in [-0.2, -0.15) is 0 Å². The van der Waals surface area contributed by atoms with E-state index >= 15 is 0 Å². The lowest BCUT2D eigenvalue weighted by Crippen LogP contribution is -2.26. The van der Waals surface area contributed by atoms with Crippen LogP contribution in [0, 0.1) is 0 Å². The van der Waals surface area contributed by atoms with E-state index < -0.39 is 10.0 Å². The van der Waals surface area contributed by atoms with Gasteiger partial charge in [0.25, 0.3) is 0 Å². The Hall–Kier alpha value is -2.25. The highest BCUT2D eigenvalue weighted by atomic mass is 32.2. The van der Waals surface area contributed by atoms with Gasteiger partial charge in [-0.1, -0.05) is 12.1 Å². The van der Waals surface area contributed by atoms with Gasteiger partial charge in [0, 0.05) is 19.0 Å². The average Bonchev–Trinajstić information content (AvgIpc) is 2.87. The van der Waals surface area contributed by atoms with E-state index in [2.05, 4.69) is 4.72 Å². The van der Waals surface area contributed by atoms with Crippen LogP contribution in [0.3, 0.4) is 0 Å². The zero-order valence-electron chi connectivity index (χ0n) is 14.0. The Morgan fingerprint density at radius 3 is 2.48 bits per heavy atom. The summed E-state index contributed by atoms with van der Waals surface area (Å²) in [6, 6.07) is 12.2. The van der Waals surface area contributed by atoms with Crippen LogP contribution in [0.4, 0.5) is 0 Å². The van der Waals surface area contributed by atoms with Gasteiger partial charge in [-0.25, -0.2) is 13.1 Å². The molecule has 0 saturated heterocycles. The lowest BCUT2D eigenvalue weighted by molar-refractivity contribution is 0.297. The molecule has 1 N–H and O–H groups in total. The monoisotopic (exact) mass is 363 g/mol. The van der Waals surface area contributed by atoms with Crippen LogP contribution in [0.1, 0.15) is 12.0 Å². The van der Waals surface area contributed by atoms with Gasteiger partial charge in [-0.3, -0.25) is 0 Å². The third-order valence-corrected chi connectivity index (χ3v) is 5.35. The predicted octanol–water partition coefficient (Wildman–Crippen LogP) is 2.38. The molecule has 0 fully saturated rings. The molecule has 1 heterocycles. The van der Waals surface area contributed by atoms with Gasteiger partial charge < -0.3 is 14.2 Å². The molecule has 0 spiro atoms. The van der Waals surface area contributed by atoms with Gasteiger partial charge in [0.2, 0.25) is 10.0 Å². The van der Waals surface area contributed by atoms with Gasteiger partial charge in [0.1, 0.15) is 5.75 Å². The van der Waals surface area contributed by atoms with E-state index in [1.165, 1.54) is 12.1 Å². The van der Waals surface area contributed by atoms with Gasteiger partial charge in [-0.05, 0) is 36.2 Å². The maximum atomic E-state index is 12.5. The SMILES string of the molecule is COc1ccc(CCNS(=O)(=O)c2ccc3c(c2)OCCCO3)cc1. The number of sulfonamides is 1. The summed E-state index contributed by atoms with van der Waals surface area (Å²) in [5.74, 6) is 1.82. The zero-order valence-corrected chi connectivity index (χ0v) is 14.8. The number of nitrogens with one attached hydrogen (secondary N) is 1. The summed E-state index contributed by atoms with van der Waals surface area (Å²) in [4.78, 5) is 0.173. The highest BCUT2D eigenvalue weighted by Crippen LogP contribution is 2.31. The third-order valence-electron chi connectivity index (χ3n) is 3.89. The fourth-order valence-corrected chi connectivity index (χ4v) is 3.56. The quantitative estimate of drug-likeness (QED) is 0.853. The van der Waals surface area contributed by atoms with E-state index in [-0.39, 0.29) is 4.90 Å². The summed E-state index contributed by atoms with van der Waals surface area (Å²) in [6.07, 6.45) is 1.37. The van der Waals surface area contributed by atoms with Crippen molar-refractivity contribution < 1.29 is 22.6 Å². The second-order valence-electron chi connectivity index (χ2n) is 5.65. The Balaban J connectivity index is 1.64. The van der Waals surface area contributed by atoms with Crippen molar-refractivity contribution in [3.63, 3.8) is 0 Å². The van der Waals surface area contributed by atoms with Crippen LogP contribution in [0.25, 0.3) is 0 Å². The minimum absolute atomic E-state index is 0.173. The molecule has 0 unspecified atom stereocenters. The van der Waals surface area contributed by atoms with Gasteiger partial charge in [0.05, 0.1) is 25.2 Å². The number of ether oxygens (including phenoxy) is 3. The Bertz CT molecular complexity index is 818. The van der Waals surface area contributed by atoms with Crippen LogP contribution < -0.4 is 18.9 Å². The first-order valence-electron chi connectivity index (χ1n) is 8.11. The molecule has 7 heteroatoms. The Labute approximate surface area is 147 Å². The van der Waals surface area contributed by atoms with Crippen LogP contribution in [0.15, 0.2) is 47.4 Å². The molecule has 0 aromatic heterocycles. The van der Waals surface area contributed by atoms with E-state index in [0.29, 0.717) is 37.7 Å². The number of rotatable bonds is 6. The molecule has 0 aliphatic carbocycles. The van der Waals surface area contributed by atoms with E-state index in [9.17, 15) is 8.42 Å². The Morgan fingerprint density at radius 1 is 1.04 bits per heavy atom. The standard InChI is InChI=1S/C18H21NO5S/c1-22-15-5-3-14(4-6-15)9-10-19-25(20,21)16-7-8-17-18(13-16)24-12-2-11-23-17/h3-8,13,19H,2,9-12H2,1H3. The lowest BCUT2D eigenvalue weighted by Gasteiger charge is -2.11. The summed E-state index contributed by atoms with van der Waals surface area (Å²) >= 11 is 0. The molecule has 2 aromatic rings. The minimum atomic E-state index is -3.60. The largest absolute Gasteiger partial charge is 0.497 e. The number of hydrogen-bond donors (Lipinski definition) is 1. The second-order valence-corrected chi connectivity index (χ2v) is 7.42. The van der Waals surface area contributed by atoms with Crippen molar-refractivity contribution in [1.29, 1.82) is 0 Å². The number of benzene rings is 2. The van der Waals surface area contributed by atoms with Gasteiger partial charge in [-0.15, -0.1) is 0 Å². The van der Waals surface area contributed by atoms with Crippen molar-refractivity contribution in [1.82, 2.24) is 4.72 Å². The lowest BCUT2D eigenvalue weighted by atomic mass is 10.1. The molecular weight excluding hydrogens is 342 g/mol. The van der Waals surface area contributed by atoms with Crippen molar-refractivity contribution in [3.8, 4) is 17.2 Å². The van der Waals surface area contributed by atoms with Crippen LogP contribution in [-0.4, -0.2) is 35.3 Å². The van der Waals surface area contributed by atoms with Gasteiger partial charge in [0.15, 0.2) is 11.5 Å². The van der Waals surface area contributed by atoms with Crippen molar-refractivity contribution >= 4 is 10.0 Å². The van der Waals surface area contributed by atoms with Crippen molar-refractivity contribution in [2.45, 2.75) is 17.7 Å². The molecular formula is C18H21NO5S. The van der Waals surface area contributed by atoms with Crippen LogP contribution in [-0.2, 0) is 16.4 Å². The van der Waals surface area contributed by atoms with E-state index in [4.69, 9.17) is 14.2 Å². The molecule has 0 amide bonds. The van der Waals surface area contributed by atoms with Crippen LogP contribution in [0.2, 0.25) is 0 Å². The fraction of sp³-hybridized carbons (Fsp3) is 0.333. The highest BCUT2D eigenvalue weighted by molar-refractivity contribution is 7.89. The molecule has 1 aliphatic heterocycles. The molecule has 0 bridgehead atoms. The summed E-state index contributed by atoms with van der Waals surface area (Å²) < 4.78 is 43.7. The van der Waals surface area contributed by atoms with Crippen LogP contribution >= 0.6 is 0 Å². The summed E-state index contributed by atoms with van der Waals surface area (Å²) in [7, 11) is -1.99. The van der Waals surface area contributed by atoms with Crippen molar-refractivity contribution in [2.75, 3.05) is 26.9 Å². The molecule has 2 aromatic carbocycles. The van der Waals surface area contributed by atoms with Crippen LogP contribution in [0.5, 0.6) is 17.2 Å². The first-order chi connectivity index (χ1) is 12.1. The summed E-state index contributed by atoms with van der Waals surface area (Å²) in [6.45, 7) is 1.39. The predicted molar refractivity (Wildman–Crippen MR) is 93.9 cm³/mol. The van der Waals surface area contributed by atoms with Gasteiger partial charge >= 0.3 is 0 Å². The molecule has 6 nitrogen and oxygen atoms in total. The first-order valence-corrected chi connectivity index (χ1v) is 9.59. The Kier molecular flexibility index (Phi) is 5.45. The molecule has 134 valence electrons. The molecule has 0 saturated carbocycles. The number of hydrogen-bond acceptors (Lipinski definition) is 5. The maximum absolute atomic E-state index is 12.5. The average molecular weight is 363 g/mol. The maximum Gasteiger partial charge on any atom is 0.240 e. The number of fused-ring (bicyclic) bond motifs is 1. The molecule has 1 aliphatic rings. The third kappa shape index (κ3) is 4.43.